The second kappa shape index (κ2) is 16.2. The van der Waals surface area contributed by atoms with Crippen LogP contribution in [0, 0.1) is 0 Å². The first-order valence-corrected chi connectivity index (χ1v) is 13.2. The molecule has 9 nitrogen and oxygen atoms in total. The van der Waals surface area contributed by atoms with Crippen molar-refractivity contribution in [1.82, 2.24) is 0 Å². The standard InChI is InChI=1S/2C11H11F3O3.C10H10O3/c2*1-10(16,11(12,13)14)8-5-3-4-7(6-8)9(15)17-2;1-7(11)8-4-3-5-9(6-8)10(12)13-2/h2*3-6,16H,1-2H3;3-6H,1-2H3/t2*10-;/m10./s1. The van der Waals surface area contributed by atoms with Gasteiger partial charge in [0.2, 0.25) is 0 Å². The van der Waals surface area contributed by atoms with Gasteiger partial charge in [-0.05, 0) is 68.3 Å². The lowest BCUT2D eigenvalue weighted by Gasteiger charge is -2.26. The highest BCUT2D eigenvalue weighted by molar-refractivity contribution is 5.97. The number of hydrogen-bond acceptors (Lipinski definition) is 9. The fourth-order valence-electron chi connectivity index (χ4n) is 3.44. The molecule has 47 heavy (non-hydrogen) atoms. The van der Waals surface area contributed by atoms with Crippen LogP contribution < -0.4 is 0 Å². The monoisotopic (exact) mass is 674 g/mol. The first kappa shape index (κ1) is 40.3. The number of halogens is 6. The van der Waals surface area contributed by atoms with E-state index in [0.717, 1.165) is 38.5 Å². The Morgan fingerprint density at radius 1 is 0.532 bits per heavy atom. The molecule has 0 aliphatic heterocycles. The molecule has 3 aromatic carbocycles. The maximum absolute atomic E-state index is 12.6. The van der Waals surface area contributed by atoms with Crippen molar-refractivity contribution < 1.29 is 69.9 Å². The summed E-state index contributed by atoms with van der Waals surface area (Å²) in [6, 6.07) is 15.7. The Balaban J connectivity index is 0.000000356. The zero-order valence-electron chi connectivity index (χ0n) is 25.9. The van der Waals surface area contributed by atoms with Gasteiger partial charge in [0.15, 0.2) is 17.0 Å². The largest absolute Gasteiger partial charge is 0.465 e. The number of carbonyl (C=O) groups excluding carboxylic acids is 4. The number of ketones is 1. The predicted octanol–water partition coefficient (Wildman–Crippen LogP) is 6.16. The number of hydrogen-bond donors (Lipinski definition) is 2. The molecule has 0 radical (unpaired) electrons. The SMILES string of the molecule is COC(=O)c1cccc(C(C)=O)c1.COC(=O)c1cccc([C@@](C)(O)C(F)(F)F)c1.COC(=O)c1cccc([C@](C)(O)C(F)(F)F)c1. The molecule has 2 N–H and O–H groups in total. The van der Waals surface area contributed by atoms with Crippen LogP contribution in [0.4, 0.5) is 26.3 Å². The maximum atomic E-state index is 12.6. The molecule has 0 aliphatic carbocycles. The van der Waals surface area contributed by atoms with E-state index in [1.165, 1.54) is 44.4 Å². The van der Waals surface area contributed by atoms with E-state index in [2.05, 4.69) is 14.2 Å². The third-order valence-corrected chi connectivity index (χ3v) is 6.49. The first-order chi connectivity index (χ1) is 21.5. The van der Waals surface area contributed by atoms with Gasteiger partial charge < -0.3 is 24.4 Å². The van der Waals surface area contributed by atoms with Gasteiger partial charge >= 0.3 is 30.3 Å². The van der Waals surface area contributed by atoms with Gasteiger partial charge in [0.05, 0.1) is 38.0 Å². The Kier molecular flexibility index (Phi) is 13.9. The van der Waals surface area contributed by atoms with Gasteiger partial charge in [-0.1, -0.05) is 36.4 Å². The molecule has 0 amide bonds. The van der Waals surface area contributed by atoms with Crippen LogP contribution in [-0.4, -0.2) is 67.6 Å². The summed E-state index contributed by atoms with van der Waals surface area (Å²) in [4.78, 5) is 44.3. The minimum atomic E-state index is -4.82. The average Bonchev–Trinajstić information content (AvgIpc) is 3.03. The lowest BCUT2D eigenvalue weighted by atomic mass is 9.94. The molecule has 0 bridgehead atoms. The molecule has 15 heteroatoms. The summed E-state index contributed by atoms with van der Waals surface area (Å²) in [6.45, 7) is 2.71. The number of benzene rings is 3. The summed E-state index contributed by atoms with van der Waals surface area (Å²) < 4.78 is 88.7. The lowest BCUT2D eigenvalue weighted by Crippen LogP contribution is -2.39. The third-order valence-electron chi connectivity index (χ3n) is 6.49. The summed E-state index contributed by atoms with van der Waals surface area (Å²) in [7, 11) is 3.55. The summed E-state index contributed by atoms with van der Waals surface area (Å²) in [5.41, 5.74) is -6.00. The zero-order valence-corrected chi connectivity index (χ0v) is 25.9. The molecule has 0 heterocycles. The van der Waals surface area contributed by atoms with Crippen molar-refractivity contribution in [1.29, 1.82) is 0 Å². The smallest absolute Gasteiger partial charge is 0.421 e. The number of carbonyl (C=O) groups is 4. The van der Waals surface area contributed by atoms with Crippen molar-refractivity contribution in [2.45, 2.75) is 44.3 Å². The Bertz CT molecular complexity index is 1480. The lowest BCUT2D eigenvalue weighted by molar-refractivity contribution is -0.259. The molecule has 0 saturated heterocycles. The van der Waals surface area contributed by atoms with E-state index < -0.39 is 52.6 Å². The summed E-state index contributed by atoms with van der Waals surface area (Å²) in [5.74, 6) is -2.01. The highest BCUT2D eigenvalue weighted by atomic mass is 19.4. The summed E-state index contributed by atoms with van der Waals surface area (Å²) >= 11 is 0. The van der Waals surface area contributed by atoms with Gasteiger partial charge in [-0.15, -0.1) is 0 Å². The molecule has 0 spiro atoms. The Hall–Kier alpha value is -4.76. The quantitative estimate of drug-likeness (QED) is 0.136. The molecule has 0 aromatic heterocycles. The third kappa shape index (κ3) is 10.6. The molecule has 3 aromatic rings. The van der Waals surface area contributed by atoms with E-state index in [4.69, 9.17) is 0 Å². The minimum Gasteiger partial charge on any atom is -0.465 e. The number of Topliss-reactive ketones (excluding diaryl/α,β-unsaturated/α-hetero) is 1. The fraction of sp³-hybridized carbons (Fsp3) is 0.312. The van der Waals surface area contributed by atoms with E-state index in [1.54, 1.807) is 18.2 Å². The second-order valence-corrected chi connectivity index (χ2v) is 9.91. The van der Waals surface area contributed by atoms with Gasteiger partial charge in [-0.25, -0.2) is 14.4 Å². The number of alkyl halides is 6. The van der Waals surface area contributed by atoms with E-state index in [1.807, 2.05) is 0 Å². The second-order valence-electron chi connectivity index (χ2n) is 9.91. The van der Waals surface area contributed by atoms with Crippen molar-refractivity contribution in [3.05, 3.63) is 106 Å². The number of methoxy groups -OCH3 is 3. The molecule has 0 aliphatic rings. The van der Waals surface area contributed by atoms with E-state index in [9.17, 15) is 55.7 Å². The van der Waals surface area contributed by atoms with Crippen LogP contribution in [0.1, 0.15) is 73.3 Å². The van der Waals surface area contributed by atoms with Crippen LogP contribution in [0.15, 0.2) is 72.8 Å². The first-order valence-electron chi connectivity index (χ1n) is 13.2. The van der Waals surface area contributed by atoms with Crippen molar-refractivity contribution in [2.24, 2.45) is 0 Å². The molecule has 0 unspecified atom stereocenters. The van der Waals surface area contributed by atoms with E-state index in [-0.39, 0.29) is 16.9 Å². The molecular formula is C32H32F6O9. The van der Waals surface area contributed by atoms with Gasteiger partial charge in [0, 0.05) is 5.56 Å². The van der Waals surface area contributed by atoms with E-state index >= 15 is 0 Å². The maximum Gasteiger partial charge on any atom is 0.421 e. The van der Waals surface area contributed by atoms with Gasteiger partial charge in [-0.2, -0.15) is 26.3 Å². The zero-order chi connectivity index (χ0) is 36.4. The van der Waals surface area contributed by atoms with Gasteiger partial charge in [-0.3, -0.25) is 4.79 Å². The molecule has 256 valence electrons. The molecule has 0 fully saturated rings. The van der Waals surface area contributed by atoms with Crippen LogP contribution in [0.25, 0.3) is 0 Å². The highest BCUT2D eigenvalue weighted by Crippen LogP contribution is 2.39. The molecule has 0 saturated carbocycles. The minimum absolute atomic E-state index is 0.0467. The topological polar surface area (TPSA) is 136 Å². The molecule has 3 rings (SSSR count). The number of ether oxygens (including phenoxy) is 3. The van der Waals surface area contributed by atoms with Crippen molar-refractivity contribution in [3.8, 4) is 0 Å². The van der Waals surface area contributed by atoms with Crippen molar-refractivity contribution in [2.75, 3.05) is 21.3 Å². The number of aliphatic hydroxyl groups is 2. The fourth-order valence-corrected chi connectivity index (χ4v) is 3.44. The molecular weight excluding hydrogens is 642 g/mol. The number of rotatable bonds is 6. The van der Waals surface area contributed by atoms with Crippen LogP contribution in [0.3, 0.4) is 0 Å². The Morgan fingerprint density at radius 3 is 1.09 bits per heavy atom. The summed E-state index contributed by atoms with van der Waals surface area (Å²) in [6.07, 6.45) is -9.64. The normalized spacial score (nSPS) is 13.6. The predicted molar refractivity (Wildman–Crippen MR) is 155 cm³/mol. The molecule has 2 atom stereocenters. The highest BCUT2D eigenvalue weighted by Gasteiger charge is 2.52. The Morgan fingerprint density at radius 2 is 0.809 bits per heavy atom. The Labute approximate surface area is 265 Å². The van der Waals surface area contributed by atoms with Crippen LogP contribution >= 0.6 is 0 Å². The van der Waals surface area contributed by atoms with Crippen LogP contribution in [0.5, 0.6) is 0 Å². The number of esters is 3. The summed E-state index contributed by atoms with van der Waals surface area (Å²) in [5, 5.41) is 18.8. The van der Waals surface area contributed by atoms with Gasteiger partial charge in [0.25, 0.3) is 0 Å². The van der Waals surface area contributed by atoms with Crippen LogP contribution in [-0.2, 0) is 25.4 Å². The van der Waals surface area contributed by atoms with E-state index in [0.29, 0.717) is 25.0 Å². The van der Waals surface area contributed by atoms with Crippen molar-refractivity contribution in [3.63, 3.8) is 0 Å². The van der Waals surface area contributed by atoms with Gasteiger partial charge in [0.1, 0.15) is 0 Å². The van der Waals surface area contributed by atoms with Crippen LogP contribution in [0.2, 0.25) is 0 Å². The van der Waals surface area contributed by atoms with Crippen molar-refractivity contribution >= 4 is 23.7 Å². The average molecular weight is 675 g/mol.